The molecule has 0 fully saturated rings. The molecule has 172 valence electrons. The van der Waals surface area contributed by atoms with Crippen molar-refractivity contribution < 1.29 is 9.21 Å². The molecule has 0 aliphatic heterocycles. The van der Waals surface area contributed by atoms with Crippen LogP contribution in [0.1, 0.15) is 51.5 Å². The van der Waals surface area contributed by atoms with Gasteiger partial charge in [0, 0.05) is 27.7 Å². The zero-order chi connectivity index (χ0) is 24.3. The minimum Gasteiger partial charge on any atom is -0.454 e. The Balaban J connectivity index is 1.82. The van der Waals surface area contributed by atoms with Gasteiger partial charge in [-0.15, -0.1) is 5.11 Å². The fourth-order valence-corrected chi connectivity index (χ4v) is 4.78. The number of carbonyl (C=O) groups excluding carboxylic acids is 1. The molecule has 2 aliphatic carbocycles. The first-order valence-electron chi connectivity index (χ1n) is 11.8. The van der Waals surface area contributed by atoms with Crippen molar-refractivity contribution >= 4 is 28.1 Å². The maximum absolute atomic E-state index is 13.7. The van der Waals surface area contributed by atoms with E-state index >= 15 is 0 Å². The monoisotopic (exact) mass is 450 g/mol. The van der Waals surface area contributed by atoms with Crippen LogP contribution in [0, 0.1) is 17.8 Å². The van der Waals surface area contributed by atoms with Crippen LogP contribution in [0.5, 0.6) is 0 Å². The Morgan fingerprint density at radius 2 is 1.65 bits per heavy atom. The summed E-state index contributed by atoms with van der Waals surface area (Å²) in [5, 5.41) is 10.4. The highest BCUT2D eigenvalue weighted by atomic mass is 16.3. The number of allylic oxidation sites excluding steroid dienone is 5. The van der Waals surface area contributed by atoms with Crippen molar-refractivity contribution in [3.8, 4) is 0 Å². The molecule has 0 unspecified atom stereocenters. The van der Waals surface area contributed by atoms with Crippen LogP contribution in [0.3, 0.4) is 0 Å². The Kier molecular flexibility index (Phi) is 5.09. The van der Waals surface area contributed by atoms with Crippen LogP contribution in [0.15, 0.2) is 92.0 Å². The highest BCUT2D eigenvalue weighted by molar-refractivity contribution is 6.12. The maximum atomic E-state index is 13.7. The molecule has 5 rings (SSSR count). The summed E-state index contributed by atoms with van der Waals surface area (Å²) in [6.45, 7) is 12.6. The molecular weight excluding hydrogens is 420 g/mol. The molecular formula is C30H30N2O2. The lowest BCUT2D eigenvalue weighted by molar-refractivity contribution is -0.114. The molecule has 2 bridgehead atoms. The normalized spacial score (nSPS) is 20.1. The van der Waals surface area contributed by atoms with E-state index in [2.05, 4.69) is 45.8 Å². The molecule has 0 saturated carbocycles. The number of hydrogen-bond donors (Lipinski definition) is 0. The minimum atomic E-state index is -0.367. The van der Waals surface area contributed by atoms with Gasteiger partial charge in [-0.05, 0) is 54.5 Å². The largest absolute Gasteiger partial charge is 0.454 e. The third-order valence-corrected chi connectivity index (χ3v) is 6.73. The summed E-state index contributed by atoms with van der Waals surface area (Å²) in [6, 6.07) is 16.0. The fraction of sp³-hybridized carbons (Fsp3) is 0.300. The van der Waals surface area contributed by atoms with Gasteiger partial charge >= 0.3 is 0 Å². The summed E-state index contributed by atoms with van der Waals surface area (Å²) < 4.78 is 6.42. The van der Waals surface area contributed by atoms with E-state index < -0.39 is 0 Å². The van der Waals surface area contributed by atoms with Gasteiger partial charge in [0.05, 0.1) is 5.69 Å². The van der Waals surface area contributed by atoms with Crippen LogP contribution in [0.4, 0.5) is 5.69 Å². The molecule has 4 heteroatoms. The summed E-state index contributed by atoms with van der Waals surface area (Å²) >= 11 is 0. The van der Waals surface area contributed by atoms with Crippen LogP contribution in [0.2, 0.25) is 0 Å². The molecule has 1 heterocycles. The summed E-state index contributed by atoms with van der Waals surface area (Å²) in [7, 11) is 0. The molecule has 0 amide bonds. The summed E-state index contributed by atoms with van der Waals surface area (Å²) in [6.07, 6.45) is 4.65. The smallest absolute Gasteiger partial charge is 0.186 e. The Morgan fingerprint density at radius 1 is 0.941 bits per heavy atom. The zero-order valence-corrected chi connectivity index (χ0v) is 20.7. The van der Waals surface area contributed by atoms with E-state index in [9.17, 15) is 4.79 Å². The number of hydrogen-bond acceptors (Lipinski definition) is 4. The van der Waals surface area contributed by atoms with Crippen molar-refractivity contribution in [2.24, 2.45) is 21.1 Å². The standard InChI is InChI=1S/C30H30N2O2/c1-18-11-13-20(14-12-18)31-32-26-19-15-23(29(2,3)4)27(33)24(16-19)30(5,6)17-22-21-9-7-8-10-25(21)34-28(22)26/h7-16H,17H2,1-6H3/b26-19+,32-31?. The average Bonchev–Trinajstić information content (AvgIpc) is 3.11. The number of benzene rings is 2. The van der Waals surface area contributed by atoms with Gasteiger partial charge in [0.1, 0.15) is 11.3 Å². The lowest BCUT2D eigenvalue weighted by Gasteiger charge is -2.35. The molecule has 0 atom stereocenters. The van der Waals surface area contributed by atoms with E-state index in [0.29, 0.717) is 12.1 Å². The average molecular weight is 451 g/mol. The predicted molar refractivity (Wildman–Crippen MR) is 137 cm³/mol. The molecule has 34 heavy (non-hydrogen) atoms. The van der Waals surface area contributed by atoms with Gasteiger partial charge in [0.25, 0.3) is 0 Å². The number of rotatable bonds is 2. The molecule has 4 nitrogen and oxygen atoms in total. The SMILES string of the molecule is Cc1ccc(N=N/C2=C3\C=C(C(C)(C)C)C(=O)C(=C3)C(C)(C)Cc3c2oc2ccccc32)cc1. The second kappa shape index (κ2) is 7.76. The van der Waals surface area contributed by atoms with E-state index in [1.165, 1.54) is 5.56 Å². The third-order valence-electron chi connectivity index (χ3n) is 6.73. The van der Waals surface area contributed by atoms with Crippen molar-refractivity contribution in [3.05, 3.63) is 94.3 Å². The maximum Gasteiger partial charge on any atom is 0.186 e. The predicted octanol–water partition coefficient (Wildman–Crippen LogP) is 8.30. The van der Waals surface area contributed by atoms with Crippen molar-refractivity contribution in [3.63, 3.8) is 0 Å². The zero-order valence-electron chi connectivity index (χ0n) is 20.7. The van der Waals surface area contributed by atoms with Crippen LogP contribution in [-0.2, 0) is 11.2 Å². The van der Waals surface area contributed by atoms with Gasteiger partial charge in [-0.3, -0.25) is 4.79 Å². The third kappa shape index (κ3) is 3.77. The first-order valence-corrected chi connectivity index (χ1v) is 11.8. The molecule has 0 N–H and O–H groups in total. The molecule has 2 aliphatic rings. The highest BCUT2D eigenvalue weighted by Crippen LogP contribution is 2.47. The Labute approximate surface area is 200 Å². The molecule has 1 aromatic heterocycles. The van der Waals surface area contributed by atoms with E-state index in [0.717, 1.165) is 44.7 Å². The van der Waals surface area contributed by atoms with Crippen LogP contribution < -0.4 is 0 Å². The summed E-state index contributed by atoms with van der Waals surface area (Å²) in [5.74, 6) is 0.849. The number of ketones is 1. The van der Waals surface area contributed by atoms with Crippen LogP contribution >= 0.6 is 0 Å². The number of nitrogens with zero attached hydrogens (tertiary/aromatic N) is 2. The van der Waals surface area contributed by atoms with Gasteiger partial charge in [0.15, 0.2) is 11.5 Å². The van der Waals surface area contributed by atoms with E-state index in [4.69, 9.17) is 9.53 Å². The van der Waals surface area contributed by atoms with E-state index in [1.54, 1.807) is 0 Å². The molecule has 2 aromatic carbocycles. The second-order valence-electron chi connectivity index (χ2n) is 11.0. The Bertz CT molecular complexity index is 1440. The first kappa shape index (κ1) is 22.3. The number of fused-ring (bicyclic) bond motifs is 4. The Hall–Kier alpha value is -3.53. The molecule has 3 aromatic rings. The van der Waals surface area contributed by atoms with Gasteiger partial charge in [-0.1, -0.05) is 70.5 Å². The molecule has 0 spiro atoms. The topological polar surface area (TPSA) is 54.9 Å². The summed E-state index contributed by atoms with van der Waals surface area (Å²) in [4.78, 5) is 13.7. The van der Waals surface area contributed by atoms with Gasteiger partial charge in [-0.25, -0.2) is 0 Å². The number of azo groups is 1. The van der Waals surface area contributed by atoms with Gasteiger partial charge < -0.3 is 4.42 Å². The van der Waals surface area contributed by atoms with E-state index in [-0.39, 0.29) is 16.6 Å². The minimum absolute atomic E-state index is 0.118. The van der Waals surface area contributed by atoms with E-state index in [1.807, 2.05) is 61.5 Å². The second-order valence-corrected chi connectivity index (χ2v) is 11.0. The summed E-state index contributed by atoms with van der Waals surface area (Å²) in [5.41, 5.74) is 6.30. The number of aryl methyl sites for hydroxylation is 1. The fourth-order valence-electron chi connectivity index (χ4n) is 4.78. The lowest BCUT2D eigenvalue weighted by atomic mass is 9.68. The lowest BCUT2D eigenvalue weighted by Crippen LogP contribution is -2.31. The van der Waals surface area contributed by atoms with Crippen molar-refractivity contribution in [1.82, 2.24) is 0 Å². The van der Waals surface area contributed by atoms with Crippen molar-refractivity contribution in [2.45, 2.75) is 48.0 Å². The number of furan rings is 1. The van der Waals surface area contributed by atoms with Gasteiger partial charge in [-0.2, -0.15) is 5.11 Å². The van der Waals surface area contributed by atoms with Crippen LogP contribution in [-0.4, -0.2) is 5.78 Å². The highest BCUT2D eigenvalue weighted by Gasteiger charge is 2.40. The number of para-hydroxylation sites is 1. The van der Waals surface area contributed by atoms with Crippen molar-refractivity contribution in [1.29, 1.82) is 0 Å². The molecule has 0 radical (unpaired) electrons. The number of Topliss-reactive ketones (excluding diaryl/α,β-unsaturated/α-hetero) is 1. The Morgan fingerprint density at radius 3 is 2.35 bits per heavy atom. The van der Waals surface area contributed by atoms with Gasteiger partial charge in [0.2, 0.25) is 0 Å². The van der Waals surface area contributed by atoms with Crippen molar-refractivity contribution in [2.75, 3.05) is 0 Å². The quantitative estimate of drug-likeness (QED) is 0.369. The first-order chi connectivity index (χ1) is 16.0. The molecule has 0 saturated heterocycles. The van der Waals surface area contributed by atoms with Crippen LogP contribution in [0.25, 0.3) is 16.7 Å². The number of carbonyl (C=O) groups is 1.